The third-order valence-corrected chi connectivity index (χ3v) is 6.55. The van der Waals surface area contributed by atoms with E-state index in [2.05, 4.69) is 22.5 Å². The van der Waals surface area contributed by atoms with Crippen LogP contribution in [-0.2, 0) is 9.59 Å². The lowest BCUT2D eigenvalue weighted by Crippen LogP contribution is -2.48. The van der Waals surface area contributed by atoms with Gasteiger partial charge < -0.3 is 15.5 Å². The Kier molecular flexibility index (Phi) is 5.48. The second kappa shape index (κ2) is 8.05. The van der Waals surface area contributed by atoms with Crippen LogP contribution < -0.4 is 15.5 Å². The molecule has 2 N–H and O–H groups in total. The van der Waals surface area contributed by atoms with E-state index in [1.165, 1.54) is 12.8 Å². The van der Waals surface area contributed by atoms with Crippen LogP contribution in [0, 0.1) is 5.92 Å². The topological polar surface area (TPSA) is 81.8 Å². The largest absolute Gasteiger partial charge is 0.372 e. The number of piperidine rings is 1. The van der Waals surface area contributed by atoms with Gasteiger partial charge in [-0.3, -0.25) is 14.5 Å². The van der Waals surface area contributed by atoms with Crippen molar-refractivity contribution in [1.82, 2.24) is 10.2 Å². The molecule has 7 heteroatoms. The molecule has 3 fully saturated rings. The van der Waals surface area contributed by atoms with Crippen molar-refractivity contribution in [2.24, 2.45) is 5.92 Å². The second-order valence-electron chi connectivity index (χ2n) is 8.73. The van der Waals surface area contributed by atoms with Gasteiger partial charge in [-0.25, -0.2) is 4.79 Å². The standard InChI is InChI=1S/C22H30N4O3/c1-16-9-13-25(14-10-16)18-7-5-17(6-8-18)23-19(27)15-26-20(28)22(24-21(26)29)11-3-2-4-12-22/h5-8,16H,2-4,9-15H2,1H3,(H,23,27)(H,24,29). The first-order valence-electron chi connectivity index (χ1n) is 10.8. The molecule has 3 aliphatic rings. The van der Waals surface area contributed by atoms with Crippen LogP contribution in [0.2, 0.25) is 0 Å². The van der Waals surface area contributed by atoms with Crippen molar-refractivity contribution in [1.29, 1.82) is 0 Å². The molecule has 7 nitrogen and oxygen atoms in total. The van der Waals surface area contributed by atoms with E-state index in [0.29, 0.717) is 18.5 Å². The highest BCUT2D eigenvalue weighted by atomic mass is 16.2. The number of hydrogen-bond donors (Lipinski definition) is 2. The van der Waals surface area contributed by atoms with Crippen molar-refractivity contribution in [2.75, 3.05) is 29.9 Å². The Hall–Kier alpha value is -2.57. The van der Waals surface area contributed by atoms with Crippen LogP contribution in [0.5, 0.6) is 0 Å². The van der Waals surface area contributed by atoms with Gasteiger partial charge in [-0.05, 0) is 55.9 Å². The number of amides is 4. The van der Waals surface area contributed by atoms with Gasteiger partial charge in [0.15, 0.2) is 0 Å². The number of nitrogens with zero attached hydrogens (tertiary/aromatic N) is 2. The Morgan fingerprint density at radius 2 is 1.76 bits per heavy atom. The molecule has 4 rings (SSSR count). The van der Waals surface area contributed by atoms with Crippen LogP contribution in [0.4, 0.5) is 16.2 Å². The average molecular weight is 399 g/mol. The maximum absolute atomic E-state index is 12.8. The average Bonchev–Trinajstić information content (AvgIpc) is 2.94. The van der Waals surface area contributed by atoms with E-state index < -0.39 is 11.6 Å². The quantitative estimate of drug-likeness (QED) is 0.764. The van der Waals surface area contributed by atoms with Crippen LogP contribution in [0.15, 0.2) is 24.3 Å². The Morgan fingerprint density at radius 3 is 2.41 bits per heavy atom. The van der Waals surface area contributed by atoms with Crippen LogP contribution in [-0.4, -0.2) is 47.9 Å². The van der Waals surface area contributed by atoms with E-state index in [9.17, 15) is 14.4 Å². The molecule has 1 aromatic rings. The van der Waals surface area contributed by atoms with Crippen molar-refractivity contribution in [3.05, 3.63) is 24.3 Å². The molecule has 0 radical (unpaired) electrons. The molecule has 4 amide bonds. The van der Waals surface area contributed by atoms with Gasteiger partial charge in [0.1, 0.15) is 12.1 Å². The molecule has 1 saturated carbocycles. The fourth-order valence-corrected chi connectivity index (χ4v) is 4.68. The molecule has 2 saturated heterocycles. The zero-order valence-electron chi connectivity index (χ0n) is 17.1. The summed E-state index contributed by atoms with van der Waals surface area (Å²) in [5.74, 6) is 0.163. The van der Waals surface area contributed by atoms with E-state index >= 15 is 0 Å². The third kappa shape index (κ3) is 4.09. The van der Waals surface area contributed by atoms with Crippen LogP contribution in [0.25, 0.3) is 0 Å². The fourth-order valence-electron chi connectivity index (χ4n) is 4.68. The summed E-state index contributed by atoms with van der Waals surface area (Å²) < 4.78 is 0. The summed E-state index contributed by atoms with van der Waals surface area (Å²) in [5, 5.41) is 5.64. The summed E-state index contributed by atoms with van der Waals surface area (Å²) in [6, 6.07) is 7.31. The molecule has 156 valence electrons. The molecule has 1 aliphatic carbocycles. The number of benzene rings is 1. The number of carbonyl (C=O) groups is 3. The maximum Gasteiger partial charge on any atom is 0.325 e. The van der Waals surface area contributed by atoms with E-state index in [0.717, 1.165) is 48.9 Å². The van der Waals surface area contributed by atoms with Gasteiger partial charge in [0.05, 0.1) is 0 Å². The minimum absolute atomic E-state index is 0.252. The van der Waals surface area contributed by atoms with Crippen LogP contribution in [0.3, 0.4) is 0 Å². The lowest BCUT2D eigenvalue weighted by molar-refractivity contribution is -0.134. The molecule has 1 aromatic carbocycles. The molecule has 0 unspecified atom stereocenters. The Balaban J connectivity index is 1.34. The molecule has 1 spiro atoms. The Bertz CT molecular complexity index is 778. The first kappa shape index (κ1) is 19.7. The van der Waals surface area contributed by atoms with Gasteiger partial charge in [-0.1, -0.05) is 26.2 Å². The highest BCUT2D eigenvalue weighted by molar-refractivity contribution is 6.10. The molecule has 0 atom stereocenters. The van der Waals surface area contributed by atoms with Crippen LogP contribution in [0.1, 0.15) is 51.9 Å². The van der Waals surface area contributed by atoms with Gasteiger partial charge >= 0.3 is 6.03 Å². The second-order valence-corrected chi connectivity index (χ2v) is 8.73. The summed E-state index contributed by atoms with van der Waals surface area (Å²) in [4.78, 5) is 41.0. The zero-order valence-corrected chi connectivity index (χ0v) is 17.1. The van der Waals surface area contributed by atoms with E-state index in [4.69, 9.17) is 0 Å². The monoisotopic (exact) mass is 398 g/mol. The lowest BCUT2D eigenvalue weighted by Gasteiger charge is -2.32. The highest BCUT2D eigenvalue weighted by Gasteiger charge is 2.51. The third-order valence-electron chi connectivity index (χ3n) is 6.55. The number of hydrogen-bond acceptors (Lipinski definition) is 4. The van der Waals surface area contributed by atoms with E-state index in [1.54, 1.807) is 0 Å². The van der Waals surface area contributed by atoms with E-state index in [-0.39, 0.29) is 18.4 Å². The number of carbonyl (C=O) groups excluding carboxylic acids is 3. The first-order chi connectivity index (χ1) is 14.0. The summed E-state index contributed by atoms with van der Waals surface area (Å²) in [6.45, 7) is 4.15. The smallest absolute Gasteiger partial charge is 0.325 e. The molecule has 0 bridgehead atoms. The molecular formula is C22H30N4O3. The summed E-state index contributed by atoms with van der Waals surface area (Å²) >= 11 is 0. The van der Waals surface area contributed by atoms with Gasteiger partial charge in [-0.2, -0.15) is 0 Å². The van der Waals surface area contributed by atoms with Gasteiger partial charge in [-0.15, -0.1) is 0 Å². The first-order valence-corrected chi connectivity index (χ1v) is 10.8. The number of anilines is 2. The summed E-state index contributed by atoms with van der Waals surface area (Å²) in [5.41, 5.74) is 1.04. The van der Waals surface area contributed by atoms with E-state index in [1.807, 2.05) is 24.3 Å². The zero-order chi connectivity index (χ0) is 20.4. The molecule has 2 aliphatic heterocycles. The Morgan fingerprint density at radius 1 is 1.10 bits per heavy atom. The van der Waals surface area contributed by atoms with Crippen molar-refractivity contribution in [3.8, 4) is 0 Å². The number of urea groups is 1. The van der Waals surface area contributed by atoms with Gasteiger partial charge in [0.25, 0.3) is 5.91 Å². The predicted molar refractivity (Wildman–Crippen MR) is 112 cm³/mol. The SMILES string of the molecule is CC1CCN(c2ccc(NC(=O)CN3C(=O)NC4(CCCCC4)C3=O)cc2)CC1. The highest BCUT2D eigenvalue weighted by Crippen LogP contribution is 2.33. The Labute approximate surface area is 171 Å². The minimum Gasteiger partial charge on any atom is -0.372 e. The van der Waals surface area contributed by atoms with Crippen molar-refractivity contribution < 1.29 is 14.4 Å². The van der Waals surface area contributed by atoms with Gasteiger partial charge in [0.2, 0.25) is 5.91 Å². The number of imide groups is 1. The summed E-state index contributed by atoms with van der Waals surface area (Å²) in [6.07, 6.45) is 6.65. The predicted octanol–water partition coefficient (Wildman–Crippen LogP) is 3.12. The van der Waals surface area contributed by atoms with Gasteiger partial charge in [0, 0.05) is 24.5 Å². The fraction of sp³-hybridized carbons (Fsp3) is 0.591. The summed E-state index contributed by atoms with van der Waals surface area (Å²) in [7, 11) is 0. The minimum atomic E-state index is -0.788. The number of rotatable bonds is 4. The van der Waals surface area contributed by atoms with Crippen molar-refractivity contribution in [3.63, 3.8) is 0 Å². The molecule has 29 heavy (non-hydrogen) atoms. The van der Waals surface area contributed by atoms with Crippen LogP contribution >= 0.6 is 0 Å². The molecular weight excluding hydrogens is 368 g/mol. The van der Waals surface area contributed by atoms with Crippen molar-refractivity contribution >= 4 is 29.2 Å². The normalized spacial score (nSPS) is 22.1. The molecule has 0 aromatic heterocycles. The molecule has 2 heterocycles. The van der Waals surface area contributed by atoms with Crippen molar-refractivity contribution in [2.45, 2.75) is 57.4 Å². The maximum atomic E-state index is 12.8. The lowest BCUT2D eigenvalue weighted by atomic mass is 9.82. The number of nitrogens with one attached hydrogen (secondary N) is 2.